The molecule has 2 rings (SSSR count). The van der Waals surface area contributed by atoms with E-state index in [-0.39, 0.29) is 6.42 Å². The van der Waals surface area contributed by atoms with Crippen LogP contribution in [0.1, 0.15) is 22.4 Å². The Morgan fingerprint density at radius 1 is 1.50 bits per heavy atom. The fraction of sp³-hybridized carbons (Fsp3) is 0.286. The van der Waals surface area contributed by atoms with Crippen molar-refractivity contribution in [3.05, 3.63) is 44.9 Å². The number of thiazole rings is 1. The quantitative estimate of drug-likeness (QED) is 0.853. The maximum atomic E-state index is 10.6. The van der Waals surface area contributed by atoms with E-state index in [1.54, 1.807) is 6.20 Å². The monoisotopic (exact) mass is 310 g/mol. The van der Waals surface area contributed by atoms with Gasteiger partial charge in [-0.3, -0.25) is 4.79 Å². The Labute approximate surface area is 126 Å². The third kappa shape index (κ3) is 4.21. The van der Waals surface area contributed by atoms with Crippen molar-refractivity contribution in [1.82, 2.24) is 4.98 Å². The van der Waals surface area contributed by atoms with Gasteiger partial charge in [0.05, 0.1) is 6.54 Å². The maximum Gasteiger partial charge on any atom is 0.303 e. The minimum atomic E-state index is -0.778. The third-order valence-electron chi connectivity index (χ3n) is 2.91. The molecule has 0 radical (unpaired) electrons. The fourth-order valence-corrected chi connectivity index (χ4v) is 2.73. The van der Waals surface area contributed by atoms with Gasteiger partial charge in [-0.2, -0.15) is 0 Å². The van der Waals surface area contributed by atoms with Crippen LogP contribution in [0.3, 0.4) is 0 Å². The Morgan fingerprint density at radius 3 is 2.95 bits per heavy atom. The normalized spacial score (nSPS) is 10.5. The molecule has 0 saturated heterocycles. The van der Waals surface area contributed by atoms with E-state index in [1.807, 2.05) is 25.1 Å². The van der Waals surface area contributed by atoms with Gasteiger partial charge in [0.1, 0.15) is 0 Å². The molecule has 0 aliphatic heterocycles. The highest BCUT2D eigenvalue weighted by Crippen LogP contribution is 2.22. The lowest BCUT2D eigenvalue weighted by molar-refractivity contribution is -0.136. The number of anilines is 1. The van der Waals surface area contributed by atoms with E-state index in [4.69, 9.17) is 16.7 Å². The lowest BCUT2D eigenvalue weighted by Gasteiger charge is -2.10. The summed E-state index contributed by atoms with van der Waals surface area (Å²) in [6.07, 6.45) is 2.44. The predicted molar refractivity (Wildman–Crippen MR) is 81.6 cm³/mol. The third-order valence-corrected chi connectivity index (χ3v) is 4.02. The molecule has 6 heteroatoms. The first kappa shape index (κ1) is 14.8. The van der Waals surface area contributed by atoms with Crippen LogP contribution in [0, 0.1) is 6.92 Å². The van der Waals surface area contributed by atoms with Crippen molar-refractivity contribution in [1.29, 1.82) is 0 Å². The number of nitrogens with zero attached hydrogens (tertiary/aromatic N) is 1. The average Bonchev–Trinajstić information content (AvgIpc) is 2.82. The SMILES string of the molecule is Cc1ccc(CCC(=O)O)cc1NCc1cnc(Cl)s1. The minimum absolute atomic E-state index is 0.146. The summed E-state index contributed by atoms with van der Waals surface area (Å²) < 4.78 is 0.536. The second kappa shape index (κ2) is 6.72. The zero-order valence-corrected chi connectivity index (χ0v) is 12.6. The van der Waals surface area contributed by atoms with Crippen molar-refractivity contribution in [2.24, 2.45) is 0 Å². The minimum Gasteiger partial charge on any atom is -0.481 e. The highest BCUT2D eigenvalue weighted by molar-refractivity contribution is 7.15. The molecule has 0 aliphatic carbocycles. The summed E-state index contributed by atoms with van der Waals surface area (Å²) in [5.74, 6) is -0.778. The van der Waals surface area contributed by atoms with Crippen molar-refractivity contribution >= 4 is 34.6 Å². The summed E-state index contributed by atoms with van der Waals surface area (Å²) >= 11 is 7.24. The molecule has 106 valence electrons. The van der Waals surface area contributed by atoms with Gasteiger partial charge < -0.3 is 10.4 Å². The summed E-state index contributed by atoms with van der Waals surface area (Å²) in [7, 11) is 0. The van der Waals surface area contributed by atoms with Crippen LogP contribution < -0.4 is 5.32 Å². The highest BCUT2D eigenvalue weighted by atomic mass is 35.5. The molecule has 1 aromatic heterocycles. The van der Waals surface area contributed by atoms with Crippen LogP contribution in [0.15, 0.2) is 24.4 Å². The molecular formula is C14H15ClN2O2S. The topological polar surface area (TPSA) is 62.2 Å². The molecule has 0 fully saturated rings. The Morgan fingerprint density at radius 2 is 2.30 bits per heavy atom. The van der Waals surface area contributed by atoms with Gasteiger partial charge in [0.2, 0.25) is 0 Å². The van der Waals surface area contributed by atoms with Crippen molar-refractivity contribution < 1.29 is 9.90 Å². The van der Waals surface area contributed by atoms with E-state index in [2.05, 4.69) is 10.3 Å². The van der Waals surface area contributed by atoms with Crippen molar-refractivity contribution in [3.63, 3.8) is 0 Å². The molecule has 0 unspecified atom stereocenters. The van der Waals surface area contributed by atoms with Crippen LogP contribution in [0.2, 0.25) is 4.47 Å². The van der Waals surface area contributed by atoms with Gasteiger partial charge in [0.25, 0.3) is 0 Å². The molecule has 0 saturated carbocycles. The lowest BCUT2D eigenvalue weighted by atomic mass is 10.1. The van der Waals surface area contributed by atoms with E-state index in [9.17, 15) is 4.79 Å². The Kier molecular flexibility index (Phi) is 4.98. The fourth-order valence-electron chi connectivity index (χ4n) is 1.81. The van der Waals surface area contributed by atoms with E-state index < -0.39 is 5.97 Å². The first-order valence-electron chi connectivity index (χ1n) is 6.20. The van der Waals surface area contributed by atoms with Gasteiger partial charge in [-0.15, -0.1) is 11.3 Å². The van der Waals surface area contributed by atoms with E-state index in [1.165, 1.54) is 11.3 Å². The number of aromatic nitrogens is 1. The number of carboxylic acids is 1. The summed E-state index contributed by atoms with van der Waals surface area (Å²) in [5.41, 5.74) is 3.15. The van der Waals surface area contributed by atoms with Crippen LogP contribution in [-0.2, 0) is 17.8 Å². The molecule has 0 atom stereocenters. The van der Waals surface area contributed by atoms with Crippen LogP contribution in [-0.4, -0.2) is 16.1 Å². The molecule has 2 aromatic rings. The number of hydrogen-bond acceptors (Lipinski definition) is 4. The Hall–Kier alpha value is -1.59. The van der Waals surface area contributed by atoms with Crippen molar-refractivity contribution in [3.8, 4) is 0 Å². The molecule has 2 N–H and O–H groups in total. The van der Waals surface area contributed by atoms with Gasteiger partial charge in [-0.05, 0) is 30.5 Å². The summed E-state index contributed by atoms with van der Waals surface area (Å²) in [5, 5.41) is 12.1. The number of rotatable bonds is 6. The van der Waals surface area contributed by atoms with Gasteiger partial charge in [-0.1, -0.05) is 23.7 Å². The molecule has 0 spiro atoms. The number of aryl methyl sites for hydroxylation is 2. The number of nitrogens with one attached hydrogen (secondary N) is 1. The number of aliphatic carboxylic acids is 1. The Balaban J connectivity index is 2.02. The molecule has 1 heterocycles. The second-order valence-electron chi connectivity index (χ2n) is 4.48. The van der Waals surface area contributed by atoms with E-state index in [0.717, 1.165) is 21.7 Å². The molecule has 0 aliphatic rings. The van der Waals surface area contributed by atoms with Crippen molar-refractivity contribution in [2.75, 3.05) is 5.32 Å². The number of carboxylic acid groups (broad SMARTS) is 1. The van der Waals surface area contributed by atoms with Gasteiger partial charge in [0, 0.05) is 23.2 Å². The van der Waals surface area contributed by atoms with Crippen molar-refractivity contribution in [2.45, 2.75) is 26.3 Å². The summed E-state index contributed by atoms with van der Waals surface area (Å²) in [6.45, 7) is 2.68. The summed E-state index contributed by atoms with van der Waals surface area (Å²) in [4.78, 5) is 15.7. The van der Waals surface area contributed by atoms with Gasteiger partial charge in [0.15, 0.2) is 4.47 Å². The van der Waals surface area contributed by atoms with Crippen LogP contribution in [0.4, 0.5) is 5.69 Å². The molecule has 4 nitrogen and oxygen atoms in total. The number of benzene rings is 1. The molecular weight excluding hydrogens is 296 g/mol. The number of hydrogen-bond donors (Lipinski definition) is 2. The zero-order chi connectivity index (χ0) is 14.5. The first-order valence-corrected chi connectivity index (χ1v) is 7.39. The second-order valence-corrected chi connectivity index (χ2v) is 6.17. The molecule has 0 amide bonds. The maximum absolute atomic E-state index is 10.6. The lowest BCUT2D eigenvalue weighted by Crippen LogP contribution is -2.02. The number of halogens is 1. The smallest absolute Gasteiger partial charge is 0.303 e. The average molecular weight is 311 g/mol. The first-order chi connectivity index (χ1) is 9.54. The van der Waals surface area contributed by atoms with Crippen LogP contribution in [0.25, 0.3) is 0 Å². The highest BCUT2D eigenvalue weighted by Gasteiger charge is 2.04. The Bertz CT molecular complexity index is 613. The van der Waals surface area contributed by atoms with E-state index >= 15 is 0 Å². The van der Waals surface area contributed by atoms with Gasteiger partial charge >= 0.3 is 5.97 Å². The van der Waals surface area contributed by atoms with E-state index in [0.29, 0.717) is 17.4 Å². The number of carbonyl (C=O) groups is 1. The van der Waals surface area contributed by atoms with Gasteiger partial charge in [-0.25, -0.2) is 4.98 Å². The largest absolute Gasteiger partial charge is 0.481 e. The predicted octanol–water partition coefficient (Wildman–Crippen LogP) is 3.73. The standard InChI is InChI=1S/C14H15ClN2O2S/c1-9-2-3-10(4-5-13(18)19)6-12(9)16-7-11-8-17-14(15)20-11/h2-3,6,8,16H,4-5,7H2,1H3,(H,18,19). The molecule has 0 bridgehead atoms. The van der Waals surface area contributed by atoms with Crippen LogP contribution in [0.5, 0.6) is 0 Å². The zero-order valence-electron chi connectivity index (χ0n) is 11.0. The van der Waals surface area contributed by atoms with Crippen LogP contribution >= 0.6 is 22.9 Å². The molecule has 1 aromatic carbocycles. The summed E-state index contributed by atoms with van der Waals surface area (Å²) in [6, 6.07) is 5.97. The molecule has 20 heavy (non-hydrogen) atoms.